The Morgan fingerprint density at radius 2 is 1.57 bits per heavy atom. The molecule has 4 aromatic rings. The third-order valence-corrected chi connectivity index (χ3v) is 9.22. The topological polar surface area (TPSA) is 126 Å². The molecule has 9 nitrogen and oxygen atoms in total. The third-order valence-electron chi connectivity index (χ3n) is 8.03. The summed E-state index contributed by atoms with van der Waals surface area (Å²) in [4.78, 5) is 24.6. The molecule has 0 aromatic heterocycles. The minimum Gasteiger partial charge on any atom is -0.496 e. The lowest BCUT2D eigenvalue weighted by Gasteiger charge is -2.36. The lowest BCUT2D eigenvalue weighted by molar-refractivity contribution is -0.245. The van der Waals surface area contributed by atoms with E-state index >= 15 is 0 Å². The summed E-state index contributed by atoms with van der Waals surface area (Å²) < 4.78 is 18.6. The van der Waals surface area contributed by atoms with E-state index in [1.165, 1.54) is 0 Å². The van der Waals surface area contributed by atoms with Crippen LogP contribution in [-0.4, -0.2) is 41.1 Å². The van der Waals surface area contributed by atoms with Crippen molar-refractivity contribution < 1.29 is 34.1 Å². The van der Waals surface area contributed by atoms with Crippen molar-refractivity contribution in [3.63, 3.8) is 0 Å². The SMILES string of the molecule is COc1ccccc1SCC1CC(c2ccc(CO)cc2)OC(c2ccc(-c3ccccc3CNC(=O)CCCC(=O)NO)cc2)O1. The van der Waals surface area contributed by atoms with E-state index in [0.29, 0.717) is 19.4 Å². The Kier molecular flexibility index (Phi) is 12.4. The molecule has 0 radical (unpaired) electrons. The smallest absolute Gasteiger partial charge is 0.243 e. The maximum Gasteiger partial charge on any atom is 0.243 e. The lowest BCUT2D eigenvalue weighted by Crippen LogP contribution is -2.31. The normalized spacial score (nSPS) is 17.6. The number of nitrogens with one attached hydrogen (secondary N) is 2. The molecule has 1 aliphatic rings. The van der Waals surface area contributed by atoms with Crippen molar-refractivity contribution in [2.75, 3.05) is 12.9 Å². The molecule has 5 rings (SSSR count). The fourth-order valence-corrected chi connectivity index (χ4v) is 6.52. The number of hydrogen-bond acceptors (Lipinski definition) is 8. The summed E-state index contributed by atoms with van der Waals surface area (Å²) >= 11 is 1.70. The summed E-state index contributed by atoms with van der Waals surface area (Å²) in [7, 11) is 1.68. The summed E-state index contributed by atoms with van der Waals surface area (Å²) in [5.41, 5.74) is 7.32. The van der Waals surface area contributed by atoms with Gasteiger partial charge in [-0.1, -0.05) is 84.9 Å². The predicted octanol–water partition coefficient (Wildman–Crippen LogP) is 6.48. The van der Waals surface area contributed by atoms with Gasteiger partial charge in [0.15, 0.2) is 6.29 Å². The van der Waals surface area contributed by atoms with E-state index in [4.69, 9.17) is 19.4 Å². The molecule has 10 heteroatoms. The van der Waals surface area contributed by atoms with Crippen molar-refractivity contribution in [2.24, 2.45) is 0 Å². The molecule has 47 heavy (non-hydrogen) atoms. The molecule has 0 saturated carbocycles. The molecule has 1 aliphatic heterocycles. The second-order valence-corrected chi connectivity index (χ2v) is 12.3. The van der Waals surface area contributed by atoms with Crippen LogP contribution in [0.15, 0.2) is 102 Å². The standard InChI is InChI=1S/C37H40N2O7S/c1-44-32-9-4-5-10-34(32)47-24-30-21-33(27-15-13-25(23-40)14-16-27)46-37(45-30)28-19-17-26(18-20-28)31-8-3-2-7-29(31)22-38-35(41)11-6-12-36(42)39-43/h2-5,7-10,13-20,30,33,37,40,43H,6,11-12,21-24H2,1H3,(H,38,41)(H,39,42). The number of carbonyl (C=O) groups excluding carboxylic acids is 2. The molecule has 246 valence electrons. The van der Waals surface area contributed by atoms with Gasteiger partial charge in [0.25, 0.3) is 0 Å². The number of amides is 2. The Morgan fingerprint density at radius 3 is 2.32 bits per heavy atom. The maximum atomic E-state index is 12.3. The Bertz CT molecular complexity index is 1610. The second kappa shape index (κ2) is 17.1. The van der Waals surface area contributed by atoms with Crippen LogP contribution in [0.2, 0.25) is 0 Å². The minimum absolute atomic E-state index is 0.0108. The minimum atomic E-state index is -0.578. The van der Waals surface area contributed by atoms with Crippen molar-refractivity contribution in [1.82, 2.24) is 10.8 Å². The molecule has 4 N–H and O–H groups in total. The van der Waals surface area contributed by atoms with E-state index in [-0.39, 0.29) is 37.6 Å². The highest BCUT2D eigenvalue weighted by Crippen LogP contribution is 2.41. The van der Waals surface area contributed by atoms with E-state index < -0.39 is 12.2 Å². The van der Waals surface area contributed by atoms with Gasteiger partial charge in [-0.05, 0) is 46.4 Å². The van der Waals surface area contributed by atoms with Gasteiger partial charge >= 0.3 is 0 Å². The van der Waals surface area contributed by atoms with Crippen LogP contribution in [0.1, 0.15) is 60.3 Å². The first-order valence-corrected chi connectivity index (χ1v) is 16.6. The van der Waals surface area contributed by atoms with Crippen molar-refractivity contribution in [3.8, 4) is 16.9 Å². The number of methoxy groups -OCH3 is 1. The van der Waals surface area contributed by atoms with Gasteiger partial charge in [0, 0.05) is 42.0 Å². The zero-order chi connectivity index (χ0) is 33.0. The number of thioether (sulfide) groups is 1. The van der Waals surface area contributed by atoms with Crippen molar-refractivity contribution in [3.05, 3.63) is 119 Å². The molecule has 2 amide bonds. The summed E-state index contributed by atoms with van der Waals surface area (Å²) in [6.07, 6.45) is 0.450. The van der Waals surface area contributed by atoms with Crippen molar-refractivity contribution in [2.45, 2.75) is 62.2 Å². The van der Waals surface area contributed by atoms with Crippen LogP contribution >= 0.6 is 11.8 Å². The summed E-state index contributed by atoms with van der Waals surface area (Å²) in [6.45, 7) is 0.336. The number of benzene rings is 4. The fraction of sp³-hybridized carbons (Fsp3) is 0.297. The highest BCUT2D eigenvalue weighted by molar-refractivity contribution is 7.99. The first-order chi connectivity index (χ1) is 23.0. The zero-order valence-corrected chi connectivity index (χ0v) is 27.1. The van der Waals surface area contributed by atoms with Crippen molar-refractivity contribution >= 4 is 23.6 Å². The fourth-order valence-electron chi connectivity index (χ4n) is 5.47. The Labute approximate surface area is 279 Å². The summed E-state index contributed by atoms with van der Waals surface area (Å²) in [5.74, 6) is 0.883. The van der Waals surface area contributed by atoms with Crippen LogP contribution in [0.5, 0.6) is 5.75 Å². The maximum absolute atomic E-state index is 12.3. The molecule has 1 saturated heterocycles. The van der Waals surface area contributed by atoms with Gasteiger partial charge in [-0.2, -0.15) is 0 Å². The van der Waals surface area contributed by atoms with Gasteiger partial charge in [-0.15, -0.1) is 11.8 Å². The van der Waals surface area contributed by atoms with E-state index in [1.807, 2.05) is 97.1 Å². The largest absolute Gasteiger partial charge is 0.496 e. The summed E-state index contributed by atoms with van der Waals surface area (Å²) in [5, 5.41) is 21.1. The highest BCUT2D eigenvalue weighted by atomic mass is 32.2. The van der Waals surface area contributed by atoms with E-state index in [0.717, 1.165) is 49.8 Å². The molecule has 3 unspecified atom stereocenters. The quantitative estimate of drug-likeness (QED) is 0.0690. The van der Waals surface area contributed by atoms with Crippen molar-refractivity contribution in [1.29, 1.82) is 0 Å². The van der Waals surface area contributed by atoms with Crippen LogP contribution < -0.4 is 15.5 Å². The molecular formula is C37H40N2O7S. The van der Waals surface area contributed by atoms with E-state index in [2.05, 4.69) is 5.32 Å². The Balaban J connectivity index is 1.29. The second-order valence-electron chi connectivity index (χ2n) is 11.3. The Hall–Kier alpha value is -4.19. The molecule has 1 heterocycles. The number of carbonyl (C=O) groups is 2. The zero-order valence-electron chi connectivity index (χ0n) is 26.3. The van der Waals surface area contributed by atoms with E-state index in [1.54, 1.807) is 24.4 Å². The van der Waals surface area contributed by atoms with Crippen LogP contribution in [0.4, 0.5) is 0 Å². The summed E-state index contributed by atoms with van der Waals surface area (Å²) in [6, 6.07) is 31.8. The average Bonchev–Trinajstić information content (AvgIpc) is 3.13. The molecule has 0 aliphatic carbocycles. The molecule has 0 bridgehead atoms. The number of rotatable bonds is 14. The molecule has 1 fully saturated rings. The molecule has 3 atom stereocenters. The third kappa shape index (κ3) is 9.43. The van der Waals surface area contributed by atoms with Crippen LogP contribution in [0, 0.1) is 0 Å². The molecular weight excluding hydrogens is 616 g/mol. The highest BCUT2D eigenvalue weighted by Gasteiger charge is 2.32. The number of hydroxylamine groups is 1. The predicted molar refractivity (Wildman–Crippen MR) is 180 cm³/mol. The number of ether oxygens (including phenoxy) is 3. The van der Waals surface area contributed by atoms with Gasteiger partial charge in [0.2, 0.25) is 11.8 Å². The molecule has 4 aromatic carbocycles. The molecule has 0 spiro atoms. The van der Waals surface area contributed by atoms with Gasteiger partial charge in [0.1, 0.15) is 5.75 Å². The van der Waals surface area contributed by atoms with E-state index in [9.17, 15) is 14.7 Å². The lowest BCUT2D eigenvalue weighted by atomic mass is 9.97. The number of aliphatic hydroxyl groups is 1. The van der Waals surface area contributed by atoms with Crippen LogP contribution in [-0.2, 0) is 32.2 Å². The van der Waals surface area contributed by atoms with Crippen LogP contribution in [0.25, 0.3) is 11.1 Å². The van der Waals surface area contributed by atoms with Gasteiger partial charge in [-0.25, -0.2) is 5.48 Å². The first-order valence-electron chi connectivity index (χ1n) is 15.6. The Morgan fingerprint density at radius 1 is 0.872 bits per heavy atom. The number of hydrogen-bond donors (Lipinski definition) is 4. The first kappa shape index (κ1) is 34.2. The van der Waals surface area contributed by atoms with Crippen LogP contribution in [0.3, 0.4) is 0 Å². The van der Waals surface area contributed by atoms with Gasteiger partial charge in [0.05, 0.1) is 25.9 Å². The monoisotopic (exact) mass is 656 g/mol. The van der Waals surface area contributed by atoms with Gasteiger partial charge < -0.3 is 24.6 Å². The number of para-hydroxylation sites is 1. The number of aliphatic hydroxyl groups excluding tert-OH is 1. The van der Waals surface area contributed by atoms with Gasteiger partial charge in [-0.3, -0.25) is 14.8 Å². The average molecular weight is 657 g/mol.